The van der Waals surface area contributed by atoms with Crippen molar-refractivity contribution in [1.29, 1.82) is 0 Å². The number of methoxy groups -OCH3 is 1. The normalized spacial score (nSPS) is 13.6. The van der Waals surface area contributed by atoms with Crippen LogP contribution in [-0.2, 0) is 14.3 Å². The molecule has 1 aliphatic heterocycles. The summed E-state index contributed by atoms with van der Waals surface area (Å²) < 4.78 is 11.2. The first-order valence-electron chi connectivity index (χ1n) is 17.6. The van der Waals surface area contributed by atoms with E-state index in [0.29, 0.717) is 39.2 Å². The molecule has 0 saturated carbocycles. The Morgan fingerprint density at radius 1 is 0.852 bits per heavy atom. The van der Waals surface area contributed by atoms with E-state index in [-0.39, 0.29) is 30.0 Å². The molecule has 12 heteroatoms. The number of aromatic nitrogens is 1. The maximum atomic E-state index is 12.8. The Kier molecular flexibility index (Phi) is 13.1. The van der Waals surface area contributed by atoms with Crippen LogP contribution < -0.4 is 20.3 Å². The van der Waals surface area contributed by atoms with Crippen molar-refractivity contribution in [1.82, 2.24) is 15.2 Å². The fourth-order valence-electron chi connectivity index (χ4n) is 6.15. The number of benzene rings is 4. The standard InChI is InChI=1S/C42H41Cl2N5O5/c1-53-39(16-6-13-32-24-31-25-36(43)37(44)27-38(31)46-32)42(52)45-17-8-18-48-19-21-49(22-20-48)34-14-7-15-35(26-34)54-28-40(50)47-33-12-5-11-30(23-33)41(51)29-9-3-2-4-10-29/h2-7,9-16,23-27,46H,8,17-22,28H2,1H3,(H,45,52)(H,47,50)/b13-6+,39-16-. The summed E-state index contributed by atoms with van der Waals surface area (Å²) in [5.74, 6) is 0.116. The maximum absolute atomic E-state index is 12.8. The van der Waals surface area contributed by atoms with Crippen LogP contribution in [0.25, 0.3) is 17.0 Å². The molecule has 0 bridgehead atoms. The topological polar surface area (TPSA) is 116 Å². The molecule has 0 aliphatic carbocycles. The second kappa shape index (κ2) is 18.5. The number of halogens is 2. The molecule has 1 fully saturated rings. The number of hydrogen-bond donors (Lipinski definition) is 3. The van der Waals surface area contributed by atoms with Gasteiger partial charge in [-0.2, -0.15) is 0 Å². The number of allylic oxidation sites excluding steroid dienone is 2. The van der Waals surface area contributed by atoms with E-state index in [2.05, 4.69) is 25.4 Å². The van der Waals surface area contributed by atoms with Gasteiger partial charge >= 0.3 is 0 Å². The first kappa shape index (κ1) is 38.2. The highest BCUT2D eigenvalue weighted by Crippen LogP contribution is 2.28. The lowest BCUT2D eigenvalue weighted by atomic mass is 10.0. The van der Waals surface area contributed by atoms with E-state index in [9.17, 15) is 14.4 Å². The van der Waals surface area contributed by atoms with Crippen LogP contribution in [0.3, 0.4) is 0 Å². The Morgan fingerprint density at radius 2 is 1.61 bits per heavy atom. The number of fused-ring (bicyclic) bond motifs is 1. The van der Waals surface area contributed by atoms with Gasteiger partial charge in [0.05, 0.1) is 17.2 Å². The highest BCUT2D eigenvalue weighted by molar-refractivity contribution is 6.42. The molecule has 2 amide bonds. The maximum Gasteiger partial charge on any atom is 0.286 e. The predicted octanol–water partition coefficient (Wildman–Crippen LogP) is 7.60. The van der Waals surface area contributed by atoms with Crippen molar-refractivity contribution in [2.75, 3.05) is 63.2 Å². The van der Waals surface area contributed by atoms with E-state index >= 15 is 0 Å². The van der Waals surface area contributed by atoms with Gasteiger partial charge in [-0.1, -0.05) is 77.8 Å². The number of anilines is 2. The van der Waals surface area contributed by atoms with Gasteiger partial charge in [-0.25, -0.2) is 0 Å². The van der Waals surface area contributed by atoms with E-state index < -0.39 is 0 Å². The third-order valence-corrected chi connectivity index (χ3v) is 9.68. The van der Waals surface area contributed by atoms with Crippen LogP contribution >= 0.6 is 23.2 Å². The molecular formula is C42H41Cl2N5O5. The number of ether oxygens (including phenoxy) is 2. The van der Waals surface area contributed by atoms with Crippen LogP contribution in [-0.4, -0.2) is 80.5 Å². The van der Waals surface area contributed by atoms with Crippen LogP contribution in [0.1, 0.15) is 28.0 Å². The van der Waals surface area contributed by atoms with Crippen LogP contribution in [0.5, 0.6) is 5.75 Å². The monoisotopic (exact) mass is 765 g/mol. The fraction of sp³-hybridized carbons (Fsp3) is 0.214. The summed E-state index contributed by atoms with van der Waals surface area (Å²) in [4.78, 5) is 46.2. The zero-order chi connectivity index (χ0) is 37.9. The van der Waals surface area contributed by atoms with Gasteiger partial charge in [0.15, 0.2) is 18.1 Å². The summed E-state index contributed by atoms with van der Waals surface area (Å²) in [6.45, 7) is 4.66. The smallest absolute Gasteiger partial charge is 0.286 e. The first-order valence-corrected chi connectivity index (χ1v) is 18.4. The summed E-state index contributed by atoms with van der Waals surface area (Å²) in [6, 6.07) is 29.2. The molecule has 6 rings (SSSR count). The van der Waals surface area contributed by atoms with E-state index in [1.165, 1.54) is 7.11 Å². The van der Waals surface area contributed by atoms with Crippen molar-refractivity contribution in [2.45, 2.75) is 6.42 Å². The van der Waals surface area contributed by atoms with E-state index in [1.807, 2.05) is 54.6 Å². The van der Waals surface area contributed by atoms with Crippen molar-refractivity contribution < 1.29 is 23.9 Å². The van der Waals surface area contributed by atoms with Gasteiger partial charge in [0, 0.05) is 77.9 Å². The zero-order valence-corrected chi connectivity index (χ0v) is 31.3. The zero-order valence-electron chi connectivity index (χ0n) is 29.8. The summed E-state index contributed by atoms with van der Waals surface area (Å²) in [5, 5.41) is 7.69. The third-order valence-electron chi connectivity index (χ3n) is 8.96. The Hall–Kier alpha value is -5.55. The van der Waals surface area contributed by atoms with Crippen molar-refractivity contribution >= 4 is 69.2 Å². The number of hydrogen-bond acceptors (Lipinski definition) is 7. The molecule has 0 radical (unpaired) electrons. The number of H-pyrrole nitrogens is 1. The Labute approximate surface area is 324 Å². The first-order chi connectivity index (χ1) is 26.2. The summed E-state index contributed by atoms with van der Waals surface area (Å²) >= 11 is 12.2. The minimum Gasteiger partial charge on any atom is -0.491 e. The fourth-order valence-corrected chi connectivity index (χ4v) is 6.48. The molecule has 0 unspecified atom stereocenters. The molecule has 54 heavy (non-hydrogen) atoms. The molecule has 3 N–H and O–H groups in total. The number of ketones is 1. The number of nitrogens with zero attached hydrogens (tertiary/aromatic N) is 2. The SMILES string of the molecule is CO/C(=C\C=C\c1cc2cc(Cl)c(Cl)cc2[nH]1)C(=O)NCCCN1CCN(c2cccc(OCC(=O)Nc3cccc(C(=O)c4ccccc4)c3)c2)CC1. The van der Waals surface area contributed by atoms with E-state index in [4.69, 9.17) is 32.7 Å². The Balaban J connectivity index is 0.897. The lowest BCUT2D eigenvalue weighted by molar-refractivity contribution is -0.120. The molecule has 0 atom stereocenters. The van der Waals surface area contributed by atoms with Crippen molar-refractivity contribution in [3.8, 4) is 5.75 Å². The van der Waals surface area contributed by atoms with Crippen LogP contribution in [0, 0.1) is 0 Å². The summed E-state index contributed by atoms with van der Waals surface area (Å²) in [7, 11) is 1.48. The number of aromatic amines is 1. The highest BCUT2D eigenvalue weighted by atomic mass is 35.5. The second-order valence-corrected chi connectivity index (χ2v) is 13.5. The van der Waals surface area contributed by atoms with Crippen LogP contribution in [0.4, 0.5) is 11.4 Å². The van der Waals surface area contributed by atoms with Gasteiger partial charge in [-0.3, -0.25) is 19.3 Å². The van der Waals surface area contributed by atoms with Gasteiger partial charge in [0.1, 0.15) is 5.75 Å². The molecule has 2 heterocycles. The van der Waals surface area contributed by atoms with Crippen LogP contribution in [0.2, 0.25) is 10.0 Å². The molecule has 1 aromatic heterocycles. The number of amides is 2. The molecule has 10 nitrogen and oxygen atoms in total. The number of piperazine rings is 1. The van der Waals surface area contributed by atoms with Gasteiger partial charge in [0.25, 0.3) is 11.8 Å². The van der Waals surface area contributed by atoms with E-state index in [0.717, 1.165) is 61.4 Å². The molecule has 4 aromatic carbocycles. The van der Waals surface area contributed by atoms with Gasteiger partial charge in [-0.05, 0) is 67.6 Å². The minimum absolute atomic E-state index is 0.110. The number of rotatable bonds is 15. The van der Waals surface area contributed by atoms with Gasteiger partial charge in [0.2, 0.25) is 0 Å². The number of carbonyl (C=O) groups is 3. The third kappa shape index (κ3) is 10.3. The average molecular weight is 767 g/mol. The highest BCUT2D eigenvalue weighted by Gasteiger charge is 2.18. The quantitative estimate of drug-likeness (QED) is 0.0331. The Morgan fingerprint density at radius 3 is 2.41 bits per heavy atom. The Bertz CT molecular complexity index is 2120. The van der Waals surface area contributed by atoms with Crippen LogP contribution in [0.15, 0.2) is 115 Å². The largest absolute Gasteiger partial charge is 0.491 e. The molecule has 0 spiro atoms. The summed E-state index contributed by atoms with van der Waals surface area (Å²) in [6.07, 6.45) is 6.03. The van der Waals surface area contributed by atoms with Gasteiger partial charge < -0.3 is 30.0 Å². The molecule has 1 saturated heterocycles. The second-order valence-electron chi connectivity index (χ2n) is 12.7. The predicted molar refractivity (Wildman–Crippen MR) is 216 cm³/mol. The molecular weight excluding hydrogens is 725 g/mol. The van der Waals surface area contributed by atoms with Gasteiger partial charge in [-0.15, -0.1) is 0 Å². The van der Waals surface area contributed by atoms with E-state index in [1.54, 1.807) is 60.7 Å². The summed E-state index contributed by atoms with van der Waals surface area (Å²) in [5.41, 5.74) is 4.35. The number of nitrogens with one attached hydrogen (secondary N) is 3. The number of carbonyl (C=O) groups excluding carboxylic acids is 3. The van der Waals surface area contributed by atoms with Crippen molar-refractivity contribution in [3.05, 3.63) is 142 Å². The average Bonchev–Trinajstić information content (AvgIpc) is 3.58. The molecule has 5 aromatic rings. The minimum atomic E-state index is -0.319. The molecule has 278 valence electrons. The molecule has 1 aliphatic rings. The lowest BCUT2D eigenvalue weighted by Crippen LogP contribution is -2.47. The van der Waals surface area contributed by atoms with Crippen molar-refractivity contribution in [3.63, 3.8) is 0 Å². The van der Waals surface area contributed by atoms with Crippen molar-refractivity contribution in [2.24, 2.45) is 0 Å². The lowest BCUT2D eigenvalue weighted by Gasteiger charge is -2.36.